The molecule has 1 saturated carbocycles. The number of hydrogen-bond donors (Lipinski definition) is 3. The Morgan fingerprint density at radius 1 is 1.18 bits per heavy atom. The lowest BCUT2D eigenvalue weighted by molar-refractivity contribution is -0.121. The quantitative estimate of drug-likeness (QED) is 0.493. The zero-order valence-electron chi connectivity index (χ0n) is 19.0. The Morgan fingerprint density at radius 3 is 2.85 bits per heavy atom. The van der Waals surface area contributed by atoms with Gasteiger partial charge >= 0.3 is 0 Å². The minimum Gasteiger partial charge on any atom is -0.481 e. The van der Waals surface area contributed by atoms with Gasteiger partial charge in [-0.3, -0.25) is 14.6 Å². The van der Waals surface area contributed by atoms with Crippen molar-refractivity contribution in [3.63, 3.8) is 0 Å². The van der Waals surface area contributed by atoms with Crippen LogP contribution in [0.15, 0.2) is 47.5 Å². The molecule has 0 spiro atoms. The fourth-order valence-corrected chi connectivity index (χ4v) is 5.31. The first kappa shape index (κ1) is 22.6. The van der Waals surface area contributed by atoms with Crippen molar-refractivity contribution in [3.05, 3.63) is 48.2 Å². The molecule has 2 aromatic heterocycles. The molecule has 0 saturated heterocycles. The van der Waals surface area contributed by atoms with Gasteiger partial charge in [0.25, 0.3) is 0 Å². The fraction of sp³-hybridized carbons (Fsp3) is 0.360. The molecule has 3 heterocycles. The smallest absolute Gasteiger partial charge is 0.234 e. The molecule has 0 unspecified atom stereocenters. The number of aromatic nitrogens is 2. The first-order chi connectivity index (χ1) is 16.6. The minimum absolute atomic E-state index is 0.0251. The number of ether oxygens (including phenoxy) is 1. The summed E-state index contributed by atoms with van der Waals surface area (Å²) >= 11 is 1.57. The van der Waals surface area contributed by atoms with Crippen LogP contribution in [0.4, 0.5) is 11.4 Å². The number of pyridine rings is 2. The zero-order chi connectivity index (χ0) is 23.5. The number of rotatable bonds is 6. The van der Waals surface area contributed by atoms with E-state index in [1.165, 1.54) is 0 Å². The van der Waals surface area contributed by atoms with E-state index in [0.29, 0.717) is 34.4 Å². The number of methoxy groups -OCH3 is 1. The number of carbonyl (C=O) groups is 2. The van der Waals surface area contributed by atoms with Crippen molar-refractivity contribution in [2.24, 2.45) is 5.92 Å². The van der Waals surface area contributed by atoms with Gasteiger partial charge in [-0.1, -0.05) is 6.07 Å². The SMILES string of the molecule is COc1ccc2nccc(NC(=O)C3CCC(NCc4ccc5c(c4)NC(=O)CS5)CC3)c2n1. The standard InChI is InChI=1S/C25H27N5O3S/c1-33-23-9-7-18-24(30-23)19(10-11-26-18)29-25(32)16-3-5-17(6-4-16)27-13-15-2-8-21-20(12-15)28-22(31)14-34-21/h2,7-12,16-17,27H,3-6,13-14H2,1H3,(H,28,31)(H,26,29,32). The highest BCUT2D eigenvalue weighted by Crippen LogP contribution is 2.32. The topological polar surface area (TPSA) is 105 Å². The predicted octanol–water partition coefficient (Wildman–Crippen LogP) is 3.97. The number of carbonyl (C=O) groups excluding carboxylic acids is 2. The second-order valence-corrected chi connectivity index (χ2v) is 9.68. The van der Waals surface area contributed by atoms with Crippen LogP contribution in [-0.2, 0) is 16.1 Å². The van der Waals surface area contributed by atoms with E-state index in [1.807, 2.05) is 12.1 Å². The average Bonchev–Trinajstić information content (AvgIpc) is 2.87. The van der Waals surface area contributed by atoms with Gasteiger partial charge in [0.2, 0.25) is 17.7 Å². The third-order valence-corrected chi connectivity index (χ3v) is 7.47. The van der Waals surface area contributed by atoms with Gasteiger partial charge in [-0.05, 0) is 55.5 Å². The number of hydrogen-bond acceptors (Lipinski definition) is 7. The van der Waals surface area contributed by atoms with Gasteiger partial charge in [-0.25, -0.2) is 4.98 Å². The summed E-state index contributed by atoms with van der Waals surface area (Å²) in [7, 11) is 1.57. The molecule has 1 aliphatic heterocycles. The highest BCUT2D eigenvalue weighted by atomic mass is 32.2. The van der Waals surface area contributed by atoms with E-state index >= 15 is 0 Å². The second-order valence-electron chi connectivity index (χ2n) is 8.67. The van der Waals surface area contributed by atoms with Crippen LogP contribution < -0.4 is 20.7 Å². The lowest BCUT2D eigenvalue weighted by atomic mass is 9.85. The molecule has 3 aromatic rings. The number of fused-ring (bicyclic) bond motifs is 2. The molecule has 1 aromatic carbocycles. The maximum Gasteiger partial charge on any atom is 0.234 e. The van der Waals surface area contributed by atoms with Crippen molar-refractivity contribution in [3.8, 4) is 5.88 Å². The highest BCUT2D eigenvalue weighted by Gasteiger charge is 2.27. The van der Waals surface area contributed by atoms with Crippen LogP contribution in [-0.4, -0.2) is 40.7 Å². The molecule has 3 N–H and O–H groups in total. The molecule has 9 heteroatoms. The molecule has 0 bridgehead atoms. The molecule has 176 valence electrons. The Kier molecular flexibility index (Phi) is 6.64. The summed E-state index contributed by atoms with van der Waals surface area (Å²) in [6, 6.07) is 12.0. The second kappa shape index (κ2) is 9.99. The molecule has 1 aliphatic carbocycles. The molecule has 2 aliphatic rings. The average molecular weight is 478 g/mol. The van der Waals surface area contributed by atoms with E-state index in [9.17, 15) is 9.59 Å². The lowest BCUT2D eigenvalue weighted by Gasteiger charge is -2.28. The molecule has 0 radical (unpaired) electrons. The van der Waals surface area contributed by atoms with Gasteiger partial charge in [0.1, 0.15) is 5.52 Å². The van der Waals surface area contributed by atoms with Crippen molar-refractivity contribution in [1.29, 1.82) is 0 Å². The van der Waals surface area contributed by atoms with Gasteiger partial charge in [0, 0.05) is 35.7 Å². The maximum absolute atomic E-state index is 13.0. The van der Waals surface area contributed by atoms with E-state index < -0.39 is 0 Å². The van der Waals surface area contributed by atoms with Crippen molar-refractivity contribution in [2.75, 3.05) is 23.5 Å². The summed E-state index contributed by atoms with van der Waals surface area (Å²) in [5.41, 5.74) is 4.05. The van der Waals surface area contributed by atoms with Gasteiger partial charge in [-0.15, -0.1) is 11.8 Å². The first-order valence-electron chi connectivity index (χ1n) is 11.5. The van der Waals surface area contributed by atoms with Crippen LogP contribution in [0, 0.1) is 5.92 Å². The summed E-state index contributed by atoms with van der Waals surface area (Å²) in [5.74, 6) is 1.02. The summed E-state index contributed by atoms with van der Waals surface area (Å²) in [6.07, 6.45) is 5.23. The summed E-state index contributed by atoms with van der Waals surface area (Å²) < 4.78 is 5.22. The van der Waals surface area contributed by atoms with E-state index in [4.69, 9.17) is 4.74 Å². The third kappa shape index (κ3) is 5.00. The number of anilines is 2. The van der Waals surface area contributed by atoms with Gasteiger partial charge in [0.15, 0.2) is 0 Å². The Hall–Kier alpha value is -3.17. The van der Waals surface area contributed by atoms with Crippen LogP contribution >= 0.6 is 11.8 Å². The molecular weight excluding hydrogens is 450 g/mol. The van der Waals surface area contributed by atoms with Crippen LogP contribution in [0.25, 0.3) is 11.0 Å². The van der Waals surface area contributed by atoms with Gasteiger partial charge < -0.3 is 20.7 Å². The van der Waals surface area contributed by atoms with Crippen molar-refractivity contribution < 1.29 is 14.3 Å². The van der Waals surface area contributed by atoms with E-state index in [-0.39, 0.29) is 17.7 Å². The molecule has 5 rings (SSSR count). The Morgan fingerprint density at radius 2 is 2.03 bits per heavy atom. The molecule has 34 heavy (non-hydrogen) atoms. The monoisotopic (exact) mass is 477 g/mol. The number of nitrogens with zero attached hydrogens (tertiary/aromatic N) is 2. The van der Waals surface area contributed by atoms with Gasteiger partial charge in [0.05, 0.1) is 29.8 Å². The normalized spacial score (nSPS) is 19.9. The van der Waals surface area contributed by atoms with Crippen LogP contribution in [0.1, 0.15) is 31.2 Å². The fourth-order valence-electron chi connectivity index (χ4n) is 4.52. The summed E-state index contributed by atoms with van der Waals surface area (Å²) in [5, 5.41) is 9.62. The Labute approximate surface area is 202 Å². The molecule has 8 nitrogen and oxygen atoms in total. The number of amides is 2. The number of thioether (sulfide) groups is 1. The predicted molar refractivity (Wildman–Crippen MR) is 133 cm³/mol. The van der Waals surface area contributed by atoms with Crippen molar-refractivity contribution in [2.45, 2.75) is 43.2 Å². The van der Waals surface area contributed by atoms with E-state index in [2.05, 4.69) is 38.1 Å². The van der Waals surface area contributed by atoms with Crippen LogP contribution in [0.2, 0.25) is 0 Å². The molecule has 2 amide bonds. The Bertz CT molecular complexity index is 1230. The van der Waals surface area contributed by atoms with E-state index in [1.54, 1.807) is 37.2 Å². The van der Waals surface area contributed by atoms with Crippen LogP contribution in [0.3, 0.4) is 0 Å². The van der Waals surface area contributed by atoms with Gasteiger partial charge in [-0.2, -0.15) is 0 Å². The molecule has 0 atom stereocenters. The number of benzene rings is 1. The molecule has 1 fully saturated rings. The highest BCUT2D eigenvalue weighted by molar-refractivity contribution is 8.00. The van der Waals surface area contributed by atoms with Crippen LogP contribution in [0.5, 0.6) is 5.88 Å². The minimum atomic E-state index is -0.0251. The maximum atomic E-state index is 13.0. The number of nitrogens with one attached hydrogen (secondary N) is 3. The van der Waals surface area contributed by atoms with Crippen molar-refractivity contribution in [1.82, 2.24) is 15.3 Å². The third-order valence-electron chi connectivity index (χ3n) is 6.40. The lowest BCUT2D eigenvalue weighted by Crippen LogP contribution is -2.36. The summed E-state index contributed by atoms with van der Waals surface area (Å²) in [6.45, 7) is 0.742. The van der Waals surface area contributed by atoms with Crippen molar-refractivity contribution >= 4 is 46.0 Å². The Balaban J connectivity index is 1.14. The molecular formula is C25H27N5O3S. The van der Waals surface area contributed by atoms with E-state index in [0.717, 1.165) is 48.4 Å². The summed E-state index contributed by atoms with van der Waals surface area (Å²) in [4.78, 5) is 34.5. The zero-order valence-corrected chi connectivity index (χ0v) is 19.8. The first-order valence-corrected chi connectivity index (χ1v) is 12.5. The largest absolute Gasteiger partial charge is 0.481 e.